The van der Waals surface area contributed by atoms with Gasteiger partial charge in [0, 0.05) is 143 Å². The first-order valence-electron chi connectivity index (χ1n) is 36.9. The first kappa shape index (κ1) is 85.5. The fourth-order valence-corrected chi connectivity index (χ4v) is 16.5. The lowest BCUT2D eigenvalue weighted by Gasteiger charge is -2.31. The van der Waals surface area contributed by atoms with Gasteiger partial charge in [-0.1, -0.05) is 49.3 Å². The molecule has 6 amide bonds. The van der Waals surface area contributed by atoms with Crippen molar-refractivity contribution in [3.8, 4) is 0 Å². The predicted molar refractivity (Wildman–Crippen MR) is 421 cm³/mol. The van der Waals surface area contributed by atoms with E-state index in [1.807, 2.05) is 45.9 Å². The van der Waals surface area contributed by atoms with Crippen molar-refractivity contribution in [2.45, 2.75) is 179 Å². The number of amides is 6. The Morgan fingerprint density at radius 3 is 2.16 bits per heavy atom. The van der Waals surface area contributed by atoms with Crippen molar-refractivity contribution in [2.24, 2.45) is 0 Å². The van der Waals surface area contributed by atoms with E-state index >= 15 is 0 Å². The van der Waals surface area contributed by atoms with Gasteiger partial charge in [0.05, 0.1) is 54.4 Å². The SMILES string of the molecule is CCCC(=O)N[C@@H](CCCNC(=O)CC[C@@H]1c2nc(cc3[nH]c(cc4nc(cc5[nH]c6c(c5C)C(=O)C(C(=O)OC)c26)[C@H](CC)[C@H]4C)c(C(C)=O)c3C)[C@H]1C)C(=O)NCCSSC[C@H](NC[C@@](C=O)(CC(=O)NCCS(=O)(=O)O)NC(=O)CC[C@@H](C)NC(=O)c1ccc(NCc2cnc3nc(N)[nH]c(=O)c3n2)cc1)C(=O)O. The molecule has 0 radical (unpaired) electrons. The van der Waals surface area contributed by atoms with Crippen molar-refractivity contribution >= 4 is 142 Å². The van der Waals surface area contributed by atoms with Crippen LogP contribution in [0, 0.1) is 13.8 Å². The maximum Gasteiger partial charge on any atom is 0.321 e. The Morgan fingerprint density at radius 1 is 0.777 bits per heavy atom. The monoisotopic (exact) mass is 1600 g/mol. The minimum absolute atomic E-state index is 0.00150. The fourth-order valence-electron chi connectivity index (χ4n) is 14.0. The lowest BCUT2D eigenvalue weighted by molar-refractivity contribution is -0.141. The summed E-state index contributed by atoms with van der Waals surface area (Å²) in [5, 5.41) is 32.3. The molecule has 5 aromatic heterocycles. The van der Waals surface area contributed by atoms with E-state index in [9.17, 15) is 75.6 Å². The number of benzene rings is 1. The lowest BCUT2D eigenvalue weighted by atomic mass is 9.84. The number of rotatable bonds is 39. The van der Waals surface area contributed by atoms with Gasteiger partial charge in [-0.25, -0.2) is 9.97 Å². The van der Waals surface area contributed by atoms with E-state index in [1.54, 1.807) is 31.2 Å². The Bertz CT molecular complexity index is 4970. The number of hydrogen-bond donors (Lipinski definition) is 14. The number of ketones is 2. The van der Waals surface area contributed by atoms with Crippen molar-refractivity contribution in [1.29, 1.82) is 0 Å². The standard InChI is InChI=1S/C75H95N17O17S3/c1-10-13-57(96)87-48(14-12-23-77-56(95)22-20-47-39(5)50-28-51-40(6)60(42(8)94)54(86-51)30-49-38(4)46(11-2)53(85-49)29-52-41(7)61-65(89-52)62(64(47)88-50)63(67(61)99)73(105)109-9)70(101)79-24-26-110-111-34-55(72(103)104)82-35-75(36-93,31-59(98)78-25-27-112(106,107)108)92-58(97)21-15-37(3)83-69(100)43-16-18-44(19-17-43)80-32-45-33-81-68-66(84-45)71(102)91-74(76)90-68/h16-19,28-30,33,36-39,46-48,55,63,80,82,86,89H,10-15,20-27,31-32,34-35H2,1-9H3,(H,77,95)(H,78,98)(H,79,101)(H,83,100)(H,87,96)(H,92,97)(H,103,104)(H,106,107,108)(H3,76,81,90,91,102)/t37-,38-,39+,46-,47+,48+,55+,63?,75-/m1/s1. The van der Waals surface area contributed by atoms with Crippen LogP contribution in [0.4, 0.5) is 11.6 Å². The molecule has 600 valence electrons. The topological polar surface area (TPSA) is 523 Å². The molecule has 9 atom stereocenters. The number of aromatic nitrogens is 8. The number of H-pyrrole nitrogens is 3. The van der Waals surface area contributed by atoms with Crippen molar-refractivity contribution in [3.05, 3.63) is 121 Å². The normalized spacial score (nSPS) is 17.1. The van der Waals surface area contributed by atoms with Crippen LogP contribution in [0.25, 0.3) is 33.2 Å². The number of nitrogens with two attached hydrogens (primary N) is 1. The van der Waals surface area contributed by atoms with Gasteiger partial charge in [0.15, 0.2) is 22.7 Å². The van der Waals surface area contributed by atoms with Crippen LogP contribution < -0.4 is 53.8 Å². The van der Waals surface area contributed by atoms with Gasteiger partial charge < -0.3 is 72.9 Å². The number of esters is 1. The lowest BCUT2D eigenvalue weighted by Crippen LogP contribution is -2.60. The van der Waals surface area contributed by atoms with Crippen LogP contribution in [0.1, 0.15) is 212 Å². The number of methoxy groups -OCH3 is 1. The molecule has 0 spiro atoms. The van der Waals surface area contributed by atoms with Crippen LogP contribution in [0.5, 0.6) is 0 Å². The minimum atomic E-state index is -4.51. The Morgan fingerprint density at radius 2 is 1.47 bits per heavy atom. The van der Waals surface area contributed by atoms with Crippen LogP contribution in [0.3, 0.4) is 0 Å². The van der Waals surface area contributed by atoms with E-state index in [1.165, 1.54) is 31.0 Å². The zero-order valence-corrected chi connectivity index (χ0v) is 66.0. The zero-order chi connectivity index (χ0) is 81.5. The third-order valence-electron chi connectivity index (χ3n) is 20.1. The molecular weight excluding hydrogens is 1510 g/mol. The molecule has 6 aromatic rings. The van der Waals surface area contributed by atoms with E-state index in [-0.39, 0.29) is 140 Å². The number of nitrogens with one attached hydrogen (secondary N) is 11. The number of anilines is 2. The highest BCUT2D eigenvalue weighted by atomic mass is 33.1. The quantitative estimate of drug-likeness (QED) is 0.00428. The number of ether oxygens (including phenoxy) is 1. The maximum absolute atomic E-state index is 14.6. The smallest absolute Gasteiger partial charge is 0.321 e. The molecule has 1 aliphatic carbocycles. The van der Waals surface area contributed by atoms with E-state index in [4.69, 9.17) is 20.4 Å². The molecule has 37 heteroatoms. The summed E-state index contributed by atoms with van der Waals surface area (Å²) in [6.07, 6.45) is 2.65. The number of aldehydes is 1. The number of Topliss-reactive ketones (excluding diaryl/α,β-unsaturated/α-hetero) is 2. The second-order valence-electron chi connectivity index (χ2n) is 28.2. The number of carbonyl (C=O) groups is 11. The van der Waals surface area contributed by atoms with Gasteiger partial charge in [-0.15, -0.1) is 0 Å². The van der Waals surface area contributed by atoms with Crippen molar-refractivity contribution in [3.63, 3.8) is 0 Å². The number of carboxylic acids is 1. The molecule has 3 aliphatic rings. The van der Waals surface area contributed by atoms with Gasteiger partial charge >= 0.3 is 11.9 Å². The number of fused-ring (bicyclic) bond motifs is 9. The summed E-state index contributed by atoms with van der Waals surface area (Å²) in [6.45, 7) is 14.0. The maximum atomic E-state index is 14.6. The Kier molecular flexibility index (Phi) is 29.1. The molecule has 0 saturated carbocycles. The van der Waals surface area contributed by atoms with Gasteiger partial charge in [-0.2, -0.15) is 13.4 Å². The molecule has 9 rings (SSSR count). The number of nitrogens with zero attached hydrogens (tertiary/aromatic N) is 5. The molecule has 34 nitrogen and oxygen atoms in total. The Labute approximate surface area is 652 Å². The average molecular weight is 1600 g/mol. The van der Waals surface area contributed by atoms with E-state index in [2.05, 4.69) is 86.3 Å². The molecule has 0 saturated heterocycles. The number of hydrogen-bond acceptors (Lipinski definition) is 25. The molecule has 8 bridgehead atoms. The summed E-state index contributed by atoms with van der Waals surface area (Å²) in [5.41, 5.74) is 11.9. The number of carboxylic acid groups (broad SMARTS) is 1. The highest BCUT2D eigenvalue weighted by Gasteiger charge is 2.46. The molecule has 0 fully saturated rings. The number of aromatic amines is 3. The first-order valence-corrected chi connectivity index (χ1v) is 41.0. The minimum Gasteiger partial charge on any atom is -0.480 e. The Balaban J connectivity index is 0.775. The van der Waals surface area contributed by atoms with Crippen molar-refractivity contribution in [2.75, 3.05) is 61.6 Å². The third kappa shape index (κ3) is 21.4. The number of carbonyl (C=O) groups excluding carboxylic acids is 10. The van der Waals surface area contributed by atoms with Crippen LogP contribution >= 0.6 is 21.6 Å². The van der Waals surface area contributed by atoms with Gasteiger partial charge in [-0.05, 0) is 120 Å². The highest BCUT2D eigenvalue weighted by Crippen LogP contribution is 2.48. The van der Waals surface area contributed by atoms with Crippen molar-refractivity contribution < 1.29 is 75.6 Å². The highest BCUT2D eigenvalue weighted by molar-refractivity contribution is 8.76. The average Bonchev–Trinajstić information content (AvgIpc) is 1.56. The largest absolute Gasteiger partial charge is 0.480 e. The second-order valence-corrected chi connectivity index (χ2v) is 32.4. The third-order valence-corrected chi connectivity index (χ3v) is 23.2. The fraction of sp³-hybridized carbons (Fsp3) is 0.480. The molecular formula is C75H95N17O17S3. The summed E-state index contributed by atoms with van der Waals surface area (Å²) in [4.78, 5) is 192. The zero-order valence-electron chi connectivity index (χ0n) is 63.6. The van der Waals surface area contributed by atoms with E-state index in [0.29, 0.717) is 79.1 Å². The number of nitrogen functional groups attached to an aromatic ring is 1. The van der Waals surface area contributed by atoms with E-state index < -0.39 is 118 Å². The van der Waals surface area contributed by atoms with Gasteiger partial charge in [0.1, 0.15) is 29.8 Å². The van der Waals surface area contributed by atoms with Crippen LogP contribution in [-0.4, -0.2) is 197 Å². The Hall–Kier alpha value is -10.5. The summed E-state index contributed by atoms with van der Waals surface area (Å²) >= 11 is 0. The van der Waals surface area contributed by atoms with E-state index in [0.717, 1.165) is 28.6 Å². The van der Waals surface area contributed by atoms with Gasteiger partial charge in [0.2, 0.25) is 35.5 Å². The van der Waals surface area contributed by atoms with Crippen LogP contribution in [0.15, 0.2) is 53.5 Å². The first-order chi connectivity index (χ1) is 53.3. The van der Waals surface area contributed by atoms with Gasteiger partial charge in [0.25, 0.3) is 21.6 Å². The molecule has 2 aliphatic heterocycles. The van der Waals surface area contributed by atoms with Gasteiger partial charge in [-0.3, -0.25) is 72.2 Å². The summed E-state index contributed by atoms with van der Waals surface area (Å²) in [6, 6.07) is 9.14. The molecule has 112 heavy (non-hydrogen) atoms. The summed E-state index contributed by atoms with van der Waals surface area (Å²) in [5.74, 6) is -9.13. The predicted octanol–water partition coefficient (Wildman–Crippen LogP) is 5.54. The molecule has 1 unspecified atom stereocenters. The van der Waals surface area contributed by atoms with Crippen LogP contribution in [-0.2, 0) is 59.8 Å². The number of aliphatic carboxylic acids is 1. The number of aryl methyl sites for hydroxylation is 2. The summed E-state index contributed by atoms with van der Waals surface area (Å²) < 4.78 is 37.3. The molecule has 15 N–H and O–H groups in total. The molecule has 1 aromatic carbocycles. The second kappa shape index (κ2) is 38.1. The molecule has 7 heterocycles. The summed E-state index contributed by atoms with van der Waals surface area (Å²) in [7, 11) is -1.01. The van der Waals surface area contributed by atoms with Crippen LogP contribution in [0.2, 0.25) is 0 Å². The van der Waals surface area contributed by atoms with Crippen molar-refractivity contribution in [1.82, 2.24) is 77.1 Å².